The Bertz CT molecular complexity index is 1070. The molecular weight excluding hydrogens is 398 g/mol. The van der Waals surface area contributed by atoms with E-state index < -0.39 is 23.8 Å². The van der Waals surface area contributed by atoms with Crippen molar-refractivity contribution in [1.82, 2.24) is 9.88 Å². The molecule has 0 unspecified atom stereocenters. The molecule has 0 radical (unpaired) electrons. The number of fused-ring (bicyclic) bond motifs is 1. The number of imide groups is 1. The molecule has 0 spiro atoms. The van der Waals surface area contributed by atoms with Crippen LogP contribution in [0.1, 0.15) is 41.0 Å². The molecule has 0 saturated heterocycles. The summed E-state index contributed by atoms with van der Waals surface area (Å²) in [5, 5.41) is 5.10. The van der Waals surface area contributed by atoms with Crippen LogP contribution in [0.15, 0.2) is 60.0 Å². The van der Waals surface area contributed by atoms with Crippen molar-refractivity contribution < 1.29 is 14.4 Å². The summed E-state index contributed by atoms with van der Waals surface area (Å²) in [5.41, 5.74) is 2.39. The summed E-state index contributed by atoms with van der Waals surface area (Å²) in [6, 6.07) is 15.4. The number of nitrogens with one attached hydrogen (secondary N) is 1. The van der Waals surface area contributed by atoms with Gasteiger partial charge in [0.05, 0.1) is 16.8 Å². The second-order valence-electron chi connectivity index (χ2n) is 7.56. The van der Waals surface area contributed by atoms with Crippen molar-refractivity contribution in [2.45, 2.75) is 26.3 Å². The van der Waals surface area contributed by atoms with Crippen LogP contribution in [0, 0.1) is 5.92 Å². The third-order valence-corrected chi connectivity index (χ3v) is 5.70. The largest absolute Gasteiger partial charge is 0.300 e. The van der Waals surface area contributed by atoms with Gasteiger partial charge in [-0.2, -0.15) is 0 Å². The number of benzene rings is 2. The molecule has 4 rings (SSSR count). The Balaban J connectivity index is 1.58. The molecular formula is C23H21N3O3S. The highest BCUT2D eigenvalue weighted by Gasteiger charge is 2.42. The standard InChI is InChI=1S/C23H21N3O3S/c1-14(2)12-19(26-21(28)16-10-6-7-11-17(16)22(26)29)20(27)25-23-24-18(13-30-23)15-8-4-3-5-9-15/h3-11,13-14,19H,12H2,1-2H3,(H,24,25,27)/t19-/m1/s1. The maximum atomic E-state index is 13.1. The maximum absolute atomic E-state index is 13.1. The van der Waals surface area contributed by atoms with Gasteiger partial charge in [-0.3, -0.25) is 19.3 Å². The molecule has 1 N–H and O–H groups in total. The molecule has 6 nitrogen and oxygen atoms in total. The molecule has 0 bridgehead atoms. The van der Waals surface area contributed by atoms with Crippen LogP contribution in [0.2, 0.25) is 0 Å². The van der Waals surface area contributed by atoms with Crippen LogP contribution < -0.4 is 5.32 Å². The first-order valence-electron chi connectivity index (χ1n) is 9.74. The van der Waals surface area contributed by atoms with E-state index in [1.807, 2.05) is 49.6 Å². The van der Waals surface area contributed by atoms with Gasteiger partial charge in [0, 0.05) is 10.9 Å². The zero-order valence-corrected chi connectivity index (χ0v) is 17.5. The molecule has 1 aromatic heterocycles. The number of anilines is 1. The van der Waals surface area contributed by atoms with E-state index >= 15 is 0 Å². The fourth-order valence-electron chi connectivity index (χ4n) is 3.53. The summed E-state index contributed by atoms with van der Waals surface area (Å²) in [7, 11) is 0. The van der Waals surface area contributed by atoms with Gasteiger partial charge in [0.25, 0.3) is 11.8 Å². The normalized spacial score (nSPS) is 14.2. The van der Waals surface area contributed by atoms with Gasteiger partial charge in [0.1, 0.15) is 6.04 Å². The van der Waals surface area contributed by atoms with E-state index in [2.05, 4.69) is 10.3 Å². The van der Waals surface area contributed by atoms with Crippen molar-refractivity contribution in [3.05, 3.63) is 71.1 Å². The van der Waals surface area contributed by atoms with E-state index in [1.165, 1.54) is 11.3 Å². The topological polar surface area (TPSA) is 79.4 Å². The van der Waals surface area contributed by atoms with E-state index in [9.17, 15) is 14.4 Å². The van der Waals surface area contributed by atoms with Crippen molar-refractivity contribution in [3.8, 4) is 11.3 Å². The van der Waals surface area contributed by atoms with Gasteiger partial charge in [-0.15, -0.1) is 11.3 Å². The van der Waals surface area contributed by atoms with E-state index in [-0.39, 0.29) is 5.92 Å². The minimum absolute atomic E-state index is 0.112. The molecule has 0 fully saturated rings. The molecule has 152 valence electrons. The molecule has 2 heterocycles. The number of carbonyl (C=O) groups is 3. The highest BCUT2D eigenvalue weighted by atomic mass is 32.1. The highest BCUT2D eigenvalue weighted by molar-refractivity contribution is 7.14. The van der Waals surface area contributed by atoms with E-state index in [4.69, 9.17) is 0 Å². The lowest BCUT2D eigenvalue weighted by atomic mass is 10.0. The van der Waals surface area contributed by atoms with Gasteiger partial charge in [0.2, 0.25) is 5.91 Å². The summed E-state index contributed by atoms with van der Waals surface area (Å²) in [4.78, 5) is 44.5. The Kier molecular flexibility index (Phi) is 5.46. The number of rotatable bonds is 6. The van der Waals surface area contributed by atoms with Crippen molar-refractivity contribution in [1.29, 1.82) is 0 Å². The third kappa shape index (κ3) is 3.76. The van der Waals surface area contributed by atoms with E-state index in [1.54, 1.807) is 24.3 Å². The number of amides is 3. The summed E-state index contributed by atoms with van der Waals surface area (Å²) in [6.07, 6.45) is 0.369. The molecule has 2 aromatic carbocycles. The van der Waals surface area contributed by atoms with Gasteiger partial charge < -0.3 is 5.32 Å². The molecule has 30 heavy (non-hydrogen) atoms. The fraction of sp³-hybridized carbons (Fsp3) is 0.217. The SMILES string of the molecule is CC(C)C[C@H](C(=O)Nc1nc(-c2ccccc2)cs1)N1C(=O)c2ccccc2C1=O. The second-order valence-corrected chi connectivity index (χ2v) is 8.42. The Labute approximate surface area is 178 Å². The Hall–Kier alpha value is -3.32. The zero-order valence-electron chi connectivity index (χ0n) is 16.7. The van der Waals surface area contributed by atoms with Gasteiger partial charge in [-0.05, 0) is 24.5 Å². The monoisotopic (exact) mass is 419 g/mol. The lowest BCUT2D eigenvalue weighted by Gasteiger charge is -2.26. The number of aromatic nitrogens is 1. The lowest BCUT2D eigenvalue weighted by molar-refractivity contribution is -0.120. The zero-order chi connectivity index (χ0) is 21.3. The summed E-state index contributed by atoms with van der Waals surface area (Å²) in [6.45, 7) is 3.91. The van der Waals surface area contributed by atoms with Gasteiger partial charge >= 0.3 is 0 Å². The molecule has 1 atom stereocenters. The first-order valence-corrected chi connectivity index (χ1v) is 10.6. The van der Waals surface area contributed by atoms with E-state index in [0.29, 0.717) is 22.7 Å². The maximum Gasteiger partial charge on any atom is 0.262 e. The first kappa shape index (κ1) is 20.0. The predicted molar refractivity (Wildman–Crippen MR) is 116 cm³/mol. The van der Waals surface area contributed by atoms with Crippen LogP contribution in [0.4, 0.5) is 5.13 Å². The minimum Gasteiger partial charge on any atom is -0.300 e. The average Bonchev–Trinajstić information content (AvgIpc) is 3.30. The van der Waals surface area contributed by atoms with Crippen LogP contribution in [-0.2, 0) is 4.79 Å². The molecule has 7 heteroatoms. The number of carbonyl (C=O) groups excluding carboxylic acids is 3. The van der Waals surface area contributed by atoms with Gasteiger partial charge in [-0.1, -0.05) is 56.3 Å². The summed E-state index contributed by atoms with van der Waals surface area (Å²) >= 11 is 1.31. The van der Waals surface area contributed by atoms with Crippen LogP contribution in [0.3, 0.4) is 0 Å². The van der Waals surface area contributed by atoms with Crippen LogP contribution >= 0.6 is 11.3 Å². The van der Waals surface area contributed by atoms with Crippen molar-refractivity contribution in [3.63, 3.8) is 0 Å². The number of hydrogen-bond acceptors (Lipinski definition) is 5. The Morgan fingerprint density at radius 2 is 1.60 bits per heavy atom. The molecule has 1 aliphatic rings. The van der Waals surface area contributed by atoms with Crippen LogP contribution in [0.25, 0.3) is 11.3 Å². The summed E-state index contributed by atoms with van der Waals surface area (Å²) in [5.74, 6) is -1.16. The van der Waals surface area contributed by atoms with E-state index in [0.717, 1.165) is 16.2 Å². The Morgan fingerprint density at radius 1 is 1.00 bits per heavy atom. The molecule has 3 amide bonds. The van der Waals surface area contributed by atoms with Crippen LogP contribution in [0.5, 0.6) is 0 Å². The van der Waals surface area contributed by atoms with Gasteiger partial charge in [0.15, 0.2) is 5.13 Å². The number of nitrogens with zero attached hydrogens (tertiary/aromatic N) is 2. The van der Waals surface area contributed by atoms with Gasteiger partial charge in [-0.25, -0.2) is 4.98 Å². The number of thiazole rings is 1. The molecule has 1 aliphatic heterocycles. The quantitative estimate of drug-likeness (QED) is 0.598. The minimum atomic E-state index is -0.901. The Morgan fingerprint density at radius 3 is 2.20 bits per heavy atom. The van der Waals surface area contributed by atoms with Crippen molar-refractivity contribution >= 4 is 34.2 Å². The smallest absolute Gasteiger partial charge is 0.262 e. The lowest BCUT2D eigenvalue weighted by Crippen LogP contribution is -2.47. The third-order valence-electron chi connectivity index (χ3n) is 4.94. The van der Waals surface area contributed by atoms with Crippen molar-refractivity contribution in [2.75, 3.05) is 5.32 Å². The van der Waals surface area contributed by atoms with Crippen molar-refractivity contribution in [2.24, 2.45) is 5.92 Å². The first-order chi connectivity index (χ1) is 14.5. The summed E-state index contributed by atoms with van der Waals surface area (Å²) < 4.78 is 0. The second kappa shape index (κ2) is 8.20. The van der Waals surface area contributed by atoms with Crippen LogP contribution in [-0.4, -0.2) is 33.6 Å². The highest BCUT2D eigenvalue weighted by Crippen LogP contribution is 2.29. The number of hydrogen-bond donors (Lipinski definition) is 1. The predicted octanol–water partition coefficient (Wildman–Crippen LogP) is 4.46. The average molecular weight is 420 g/mol. The molecule has 3 aromatic rings. The molecule has 0 aliphatic carbocycles. The fourth-order valence-corrected chi connectivity index (χ4v) is 4.25. The molecule has 0 saturated carbocycles.